The standard InChI is InChI=1S/C19H25NO3/c1-14-5-4-6-17(11-14)15(2)20-13-16-7-8-18(23-10-9-21)19(12-16)22-3/h4-8,11-12,15,20-21H,9-10,13H2,1-3H3. The normalized spacial score (nSPS) is 12.0. The first-order valence-corrected chi connectivity index (χ1v) is 7.84. The second-order valence-corrected chi connectivity index (χ2v) is 5.57. The summed E-state index contributed by atoms with van der Waals surface area (Å²) in [5, 5.41) is 12.4. The van der Waals surface area contributed by atoms with Gasteiger partial charge in [0.2, 0.25) is 0 Å². The molecular weight excluding hydrogens is 290 g/mol. The molecule has 2 aromatic carbocycles. The summed E-state index contributed by atoms with van der Waals surface area (Å²) in [6, 6.07) is 14.6. The van der Waals surface area contributed by atoms with Gasteiger partial charge in [-0.05, 0) is 37.1 Å². The summed E-state index contributed by atoms with van der Waals surface area (Å²) < 4.78 is 10.8. The summed E-state index contributed by atoms with van der Waals surface area (Å²) in [6.07, 6.45) is 0. The molecule has 0 aliphatic rings. The fourth-order valence-corrected chi connectivity index (χ4v) is 2.43. The molecule has 1 atom stereocenters. The van der Waals surface area contributed by atoms with E-state index in [4.69, 9.17) is 14.6 Å². The van der Waals surface area contributed by atoms with Crippen LogP contribution in [0, 0.1) is 6.92 Å². The summed E-state index contributed by atoms with van der Waals surface area (Å²) >= 11 is 0. The Labute approximate surface area is 138 Å². The lowest BCUT2D eigenvalue weighted by Gasteiger charge is -2.16. The van der Waals surface area contributed by atoms with Crippen molar-refractivity contribution in [2.45, 2.75) is 26.4 Å². The van der Waals surface area contributed by atoms with E-state index in [-0.39, 0.29) is 19.3 Å². The third kappa shape index (κ3) is 4.98. The van der Waals surface area contributed by atoms with Crippen LogP contribution in [0.4, 0.5) is 0 Å². The lowest BCUT2D eigenvalue weighted by atomic mass is 10.1. The molecule has 0 aliphatic carbocycles. The highest BCUT2D eigenvalue weighted by molar-refractivity contribution is 5.43. The van der Waals surface area contributed by atoms with E-state index in [1.54, 1.807) is 7.11 Å². The van der Waals surface area contributed by atoms with Crippen LogP contribution in [0.5, 0.6) is 11.5 Å². The molecule has 0 heterocycles. The Hall–Kier alpha value is -2.04. The van der Waals surface area contributed by atoms with Crippen LogP contribution in [0.15, 0.2) is 42.5 Å². The predicted molar refractivity (Wildman–Crippen MR) is 92.0 cm³/mol. The van der Waals surface area contributed by atoms with Crippen molar-refractivity contribution in [3.63, 3.8) is 0 Å². The first-order chi connectivity index (χ1) is 11.1. The smallest absolute Gasteiger partial charge is 0.161 e. The SMILES string of the molecule is COc1cc(CNC(C)c2cccc(C)c2)ccc1OCCO. The van der Waals surface area contributed by atoms with Gasteiger partial charge in [-0.3, -0.25) is 0 Å². The van der Waals surface area contributed by atoms with Gasteiger partial charge in [-0.1, -0.05) is 35.9 Å². The van der Waals surface area contributed by atoms with Gasteiger partial charge < -0.3 is 19.9 Å². The maximum absolute atomic E-state index is 8.84. The van der Waals surface area contributed by atoms with Crippen molar-refractivity contribution in [1.29, 1.82) is 0 Å². The Balaban J connectivity index is 2.00. The highest BCUT2D eigenvalue weighted by Crippen LogP contribution is 2.28. The highest BCUT2D eigenvalue weighted by Gasteiger charge is 2.08. The Morgan fingerprint density at radius 3 is 2.65 bits per heavy atom. The van der Waals surface area contributed by atoms with Crippen LogP contribution >= 0.6 is 0 Å². The zero-order valence-corrected chi connectivity index (χ0v) is 14.0. The third-order valence-corrected chi connectivity index (χ3v) is 3.73. The molecule has 0 aromatic heterocycles. The van der Waals surface area contributed by atoms with Gasteiger partial charge in [0, 0.05) is 12.6 Å². The zero-order chi connectivity index (χ0) is 16.7. The highest BCUT2D eigenvalue weighted by atomic mass is 16.5. The van der Waals surface area contributed by atoms with Crippen LogP contribution in [0.1, 0.15) is 29.7 Å². The van der Waals surface area contributed by atoms with Crippen LogP contribution in [0.25, 0.3) is 0 Å². The van der Waals surface area contributed by atoms with Crippen molar-refractivity contribution in [2.24, 2.45) is 0 Å². The molecule has 0 fully saturated rings. The summed E-state index contributed by atoms with van der Waals surface area (Å²) in [6.45, 7) is 5.25. The van der Waals surface area contributed by atoms with Gasteiger partial charge in [0.05, 0.1) is 13.7 Å². The maximum Gasteiger partial charge on any atom is 0.161 e. The molecule has 4 nitrogen and oxygen atoms in total. The predicted octanol–water partition coefficient (Wildman–Crippen LogP) is 3.23. The minimum Gasteiger partial charge on any atom is -0.493 e. The number of aliphatic hydroxyl groups excluding tert-OH is 1. The maximum atomic E-state index is 8.84. The first kappa shape index (κ1) is 17.3. The van der Waals surface area contributed by atoms with E-state index in [9.17, 15) is 0 Å². The van der Waals surface area contributed by atoms with E-state index in [0.29, 0.717) is 11.5 Å². The Morgan fingerprint density at radius 2 is 1.96 bits per heavy atom. The topological polar surface area (TPSA) is 50.7 Å². The molecule has 23 heavy (non-hydrogen) atoms. The minimum atomic E-state index is -0.0134. The van der Waals surface area contributed by atoms with Gasteiger partial charge in [0.15, 0.2) is 11.5 Å². The number of methoxy groups -OCH3 is 1. The van der Waals surface area contributed by atoms with Crippen molar-refractivity contribution < 1.29 is 14.6 Å². The Kier molecular flexibility index (Phi) is 6.44. The van der Waals surface area contributed by atoms with E-state index in [0.717, 1.165) is 12.1 Å². The van der Waals surface area contributed by atoms with Crippen molar-refractivity contribution in [3.05, 3.63) is 59.2 Å². The lowest BCUT2D eigenvalue weighted by Crippen LogP contribution is -2.18. The van der Waals surface area contributed by atoms with Crippen LogP contribution in [-0.2, 0) is 6.54 Å². The van der Waals surface area contributed by atoms with Crippen LogP contribution in [-0.4, -0.2) is 25.4 Å². The summed E-state index contributed by atoms with van der Waals surface area (Å²) in [4.78, 5) is 0. The van der Waals surface area contributed by atoms with Crippen molar-refractivity contribution in [2.75, 3.05) is 20.3 Å². The number of aryl methyl sites for hydroxylation is 1. The fraction of sp³-hybridized carbons (Fsp3) is 0.368. The number of rotatable bonds is 8. The summed E-state index contributed by atoms with van der Waals surface area (Å²) in [5.41, 5.74) is 3.67. The minimum absolute atomic E-state index is 0.0134. The van der Waals surface area contributed by atoms with Crippen LogP contribution < -0.4 is 14.8 Å². The molecule has 1 unspecified atom stereocenters. The van der Waals surface area contributed by atoms with E-state index in [1.165, 1.54) is 11.1 Å². The summed E-state index contributed by atoms with van der Waals surface area (Å²) in [7, 11) is 1.62. The van der Waals surface area contributed by atoms with Gasteiger partial charge in [-0.15, -0.1) is 0 Å². The third-order valence-electron chi connectivity index (χ3n) is 3.73. The molecule has 2 aromatic rings. The van der Waals surface area contributed by atoms with Gasteiger partial charge in [0.1, 0.15) is 6.61 Å². The molecule has 0 amide bonds. The second-order valence-electron chi connectivity index (χ2n) is 5.57. The molecule has 0 saturated carbocycles. The van der Waals surface area contributed by atoms with Crippen molar-refractivity contribution in [1.82, 2.24) is 5.32 Å². The average molecular weight is 315 g/mol. The molecule has 0 saturated heterocycles. The van der Waals surface area contributed by atoms with E-state index in [2.05, 4.69) is 43.4 Å². The number of hydrogen-bond acceptors (Lipinski definition) is 4. The molecular formula is C19H25NO3. The first-order valence-electron chi connectivity index (χ1n) is 7.84. The van der Waals surface area contributed by atoms with Crippen molar-refractivity contribution >= 4 is 0 Å². The van der Waals surface area contributed by atoms with Gasteiger partial charge in [-0.2, -0.15) is 0 Å². The van der Waals surface area contributed by atoms with Crippen molar-refractivity contribution in [3.8, 4) is 11.5 Å². The number of aliphatic hydroxyl groups is 1. The van der Waals surface area contributed by atoms with E-state index < -0.39 is 0 Å². The number of ether oxygens (including phenoxy) is 2. The molecule has 0 spiro atoms. The summed E-state index contributed by atoms with van der Waals surface area (Å²) in [5.74, 6) is 1.33. The molecule has 0 bridgehead atoms. The van der Waals surface area contributed by atoms with Gasteiger partial charge in [0.25, 0.3) is 0 Å². The number of nitrogens with one attached hydrogen (secondary N) is 1. The van der Waals surface area contributed by atoms with Crippen LogP contribution in [0.3, 0.4) is 0 Å². The van der Waals surface area contributed by atoms with Gasteiger partial charge >= 0.3 is 0 Å². The Bertz CT molecular complexity index is 628. The molecule has 0 aliphatic heterocycles. The number of benzene rings is 2. The van der Waals surface area contributed by atoms with E-state index in [1.807, 2.05) is 18.2 Å². The van der Waals surface area contributed by atoms with Crippen LogP contribution in [0.2, 0.25) is 0 Å². The second kappa shape index (κ2) is 8.56. The molecule has 2 rings (SSSR count). The lowest BCUT2D eigenvalue weighted by molar-refractivity contribution is 0.196. The molecule has 124 valence electrons. The molecule has 4 heteroatoms. The largest absolute Gasteiger partial charge is 0.493 e. The zero-order valence-electron chi connectivity index (χ0n) is 14.0. The fourth-order valence-electron chi connectivity index (χ4n) is 2.43. The van der Waals surface area contributed by atoms with E-state index >= 15 is 0 Å². The quantitative estimate of drug-likeness (QED) is 0.785. The Morgan fingerprint density at radius 1 is 1.13 bits per heavy atom. The monoisotopic (exact) mass is 315 g/mol. The number of hydrogen-bond donors (Lipinski definition) is 2. The molecule has 0 radical (unpaired) electrons. The molecule has 2 N–H and O–H groups in total. The van der Waals surface area contributed by atoms with Gasteiger partial charge in [-0.25, -0.2) is 0 Å². The average Bonchev–Trinajstić information content (AvgIpc) is 2.58.